The molecule has 0 spiro atoms. The van der Waals surface area contributed by atoms with E-state index < -0.39 is 3.68 Å². The molecule has 0 heterocycles. The third kappa shape index (κ3) is 7.53. The van der Waals surface area contributed by atoms with Crippen molar-refractivity contribution in [3.05, 3.63) is 24.9 Å². The van der Waals surface area contributed by atoms with Crippen LogP contribution in [0.5, 0.6) is 0 Å². The van der Waals surface area contributed by atoms with Crippen LogP contribution in [0.15, 0.2) is 24.9 Å². The summed E-state index contributed by atoms with van der Waals surface area (Å²) in [6.45, 7) is 6.59. The van der Waals surface area contributed by atoms with E-state index in [0.29, 0.717) is 12.8 Å². The first kappa shape index (κ1) is 14.6. The largest absolute Gasteiger partial charge is 0.333 e. The van der Waals surface area contributed by atoms with Crippen molar-refractivity contribution in [3.8, 4) is 0 Å². The first-order valence-electron chi connectivity index (χ1n) is 4.78. The Hall–Kier alpha value is -0.390. The first-order chi connectivity index (χ1) is 6.88. The summed E-state index contributed by atoms with van der Waals surface area (Å²) in [6, 6.07) is 0. The number of nitrogens with one attached hydrogen (secondary N) is 1. The van der Waals surface area contributed by atoms with Gasteiger partial charge in [-0.3, -0.25) is 4.79 Å². The molecule has 0 bridgehead atoms. The first-order valence-corrected chi connectivity index (χ1v) is 5.86. The fourth-order valence-corrected chi connectivity index (χ4v) is 1.63. The van der Waals surface area contributed by atoms with Gasteiger partial charge >= 0.3 is 0 Å². The molecule has 1 N–H and O–H groups in total. The highest BCUT2D eigenvalue weighted by Crippen LogP contribution is 2.34. The molecule has 0 saturated heterocycles. The van der Waals surface area contributed by atoms with Crippen molar-refractivity contribution in [1.82, 2.24) is 5.32 Å². The molecule has 0 rings (SSSR count). The van der Waals surface area contributed by atoms with Gasteiger partial charge in [0.05, 0.1) is 0 Å². The van der Waals surface area contributed by atoms with Gasteiger partial charge in [0.2, 0.25) is 5.91 Å². The molecule has 0 aliphatic carbocycles. The Kier molecular flexibility index (Phi) is 6.80. The summed E-state index contributed by atoms with van der Waals surface area (Å²) in [5.74, 6) is -0.232. The van der Waals surface area contributed by atoms with Crippen molar-refractivity contribution < 1.29 is 9.18 Å². The Morgan fingerprint density at radius 2 is 2.27 bits per heavy atom. The lowest BCUT2D eigenvalue weighted by atomic mass is 9.97. The van der Waals surface area contributed by atoms with Gasteiger partial charge in [0.25, 0.3) is 0 Å². The smallest absolute Gasteiger partial charge is 0.220 e. The quantitative estimate of drug-likeness (QED) is 0.453. The Morgan fingerprint density at radius 1 is 1.67 bits per heavy atom. The van der Waals surface area contributed by atoms with Gasteiger partial charge in [-0.05, 0) is 48.6 Å². The molecule has 0 aromatic carbocycles. The summed E-state index contributed by atoms with van der Waals surface area (Å²) >= 11 is 1.79. The average molecular weight is 325 g/mol. The van der Waals surface area contributed by atoms with Crippen molar-refractivity contribution >= 4 is 28.5 Å². The number of hydrogen-bond acceptors (Lipinski definition) is 1. The molecule has 0 radical (unpaired) electrons. The van der Waals surface area contributed by atoms with Crippen molar-refractivity contribution in [2.45, 2.75) is 30.4 Å². The third-order valence-corrected chi connectivity index (χ3v) is 2.87. The zero-order chi connectivity index (χ0) is 11.9. The van der Waals surface area contributed by atoms with Crippen LogP contribution in [0.1, 0.15) is 26.7 Å². The predicted octanol–water partition coefficient (Wildman–Crippen LogP) is 3.34. The van der Waals surface area contributed by atoms with E-state index in [-0.39, 0.29) is 11.8 Å². The van der Waals surface area contributed by atoms with Crippen LogP contribution in [-0.4, -0.2) is 9.58 Å². The van der Waals surface area contributed by atoms with Gasteiger partial charge in [-0.2, -0.15) is 0 Å². The molecule has 2 nitrogen and oxygen atoms in total. The second-order valence-electron chi connectivity index (χ2n) is 3.52. The van der Waals surface area contributed by atoms with E-state index >= 15 is 0 Å². The monoisotopic (exact) mass is 325 g/mol. The number of alkyl halides is 2. The predicted molar refractivity (Wildman–Crippen MR) is 69.4 cm³/mol. The number of carbonyl (C=O) groups excluding carboxylic acids is 1. The van der Waals surface area contributed by atoms with Crippen LogP contribution in [0.4, 0.5) is 4.39 Å². The second kappa shape index (κ2) is 6.98. The number of carbonyl (C=O) groups is 1. The van der Waals surface area contributed by atoms with Crippen LogP contribution in [0, 0.1) is 5.92 Å². The molecule has 1 amide bonds. The number of allylic oxidation sites excluding steroid dienone is 2. The second-order valence-corrected chi connectivity index (χ2v) is 5.63. The van der Waals surface area contributed by atoms with Gasteiger partial charge in [0.1, 0.15) is 0 Å². The Morgan fingerprint density at radius 3 is 2.67 bits per heavy atom. The van der Waals surface area contributed by atoms with E-state index in [1.165, 1.54) is 6.92 Å². The van der Waals surface area contributed by atoms with Crippen molar-refractivity contribution in [2.24, 2.45) is 5.92 Å². The average Bonchev–Trinajstić information content (AvgIpc) is 2.08. The Balaban J connectivity index is 4.13. The molecule has 0 saturated carbocycles. The summed E-state index contributed by atoms with van der Waals surface area (Å²) in [6.07, 6.45) is 6.25. The van der Waals surface area contributed by atoms with Gasteiger partial charge in [0.15, 0.2) is 3.68 Å². The van der Waals surface area contributed by atoms with Crippen LogP contribution in [0.25, 0.3) is 0 Å². The highest BCUT2D eigenvalue weighted by atomic mass is 127. The highest BCUT2D eigenvalue weighted by molar-refractivity contribution is 14.1. The van der Waals surface area contributed by atoms with Crippen LogP contribution in [-0.2, 0) is 4.79 Å². The van der Waals surface area contributed by atoms with Gasteiger partial charge in [-0.15, -0.1) is 6.58 Å². The lowest BCUT2D eigenvalue weighted by Gasteiger charge is -2.22. The van der Waals surface area contributed by atoms with E-state index in [2.05, 4.69) is 11.9 Å². The van der Waals surface area contributed by atoms with Crippen LogP contribution in [0.3, 0.4) is 0 Å². The molecule has 4 heteroatoms. The molecule has 2 atom stereocenters. The molecule has 86 valence electrons. The zero-order valence-electron chi connectivity index (χ0n) is 9.09. The van der Waals surface area contributed by atoms with E-state index in [4.69, 9.17) is 0 Å². The van der Waals surface area contributed by atoms with Crippen LogP contribution < -0.4 is 5.32 Å². The maximum atomic E-state index is 13.6. The molecule has 0 fully saturated rings. The molecule has 0 aliphatic heterocycles. The summed E-state index contributed by atoms with van der Waals surface area (Å²) in [7, 11) is 0. The molecule has 0 unspecified atom stereocenters. The minimum Gasteiger partial charge on any atom is -0.333 e. The SMILES string of the molecule is C=CC[C@@H](C/C=C/NC(C)=O)[C@](C)(F)I. The molecule has 0 aromatic rings. The fourth-order valence-electron chi connectivity index (χ4n) is 1.12. The maximum absolute atomic E-state index is 13.6. The maximum Gasteiger partial charge on any atom is 0.220 e. The molecule has 15 heavy (non-hydrogen) atoms. The van der Waals surface area contributed by atoms with Gasteiger partial charge < -0.3 is 5.32 Å². The molecule has 0 aliphatic rings. The number of amides is 1. The van der Waals surface area contributed by atoms with Crippen LogP contribution >= 0.6 is 22.6 Å². The van der Waals surface area contributed by atoms with E-state index in [1.54, 1.807) is 47.9 Å². The number of hydrogen-bond donors (Lipinski definition) is 1. The minimum atomic E-state index is -1.26. The van der Waals surface area contributed by atoms with Crippen molar-refractivity contribution in [3.63, 3.8) is 0 Å². The standard InChI is InChI=1S/C11H17FINO/c1-4-6-10(11(3,12)13)7-5-8-14-9(2)15/h4-5,8,10H,1,6-7H2,2-3H3,(H,14,15)/b8-5+/t10-,11+/m0/s1. The Bertz CT molecular complexity index is 245. The Labute approximate surface area is 104 Å². The summed E-state index contributed by atoms with van der Waals surface area (Å²) in [5.41, 5.74) is 0. The van der Waals surface area contributed by atoms with Crippen molar-refractivity contribution in [1.29, 1.82) is 0 Å². The normalized spacial score (nSPS) is 17.1. The number of halogens is 2. The van der Waals surface area contributed by atoms with E-state index in [0.717, 1.165) is 0 Å². The van der Waals surface area contributed by atoms with Gasteiger partial charge in [-0.25, -0.2) is 4.39 Å². The highest BCUT2D eigenvalue weighted by Gasteiger charge is 2.28. The summed E-state index contributed by atoms with van der Waals surface area (Å²) in [4.78, 5) is 10.6. The van der Waals surface area contributed by atoms with Crippen LogP contribution in [0.2, 0.25) is 0 Å². The summed E-state index contributed by atoms with van der Waals surface area (Å²) < 4.78 is 12.4. The lowest BCUT2D eigenvalue weighted by Crippen LogP contribution is -2.21. The fraction of sp³-hybridized carbons (Fsp3) is 0.545. The third-order valence-electron chi connectivity index (χ3n) is 1.99. The lowest BCUT2D eigenvalue weighted by molar-refractivity contribution is -0.118. The van der Waals surface area contributed by atoms with Gasteiger partial charge in [0, 0.05) is 12.8 Å². The number of rotatable bonds is 6. The molecular formula is C11H17FINO. The zero-order valence-corrected chi connectivity index (χ0v) is 11.3. The molecular weight excluding hydrogens is 308 g/mol. The molecule has 0 aromatic heterocycles. The van der Waals surface area contributed by atoms with Crippen molar-refractivity contribution in [2.75, 3.05) is 0 Å². The minimum absolute atomic E-state index is 0.111. The van der Waals surface area contributed by atoms with E-state index in [9.17, 15) is 9.18 Å². The van der Waals surface area contributed by atoms with Gasteiger partial charge in [-0.1, -0.05) is 12.2 Å². The topological polar surface area (TPSA) is 29.1 Å². The van der Waals surface area contributed by atoms with E-state index in [1.807, 2.05) is 0 Å². The summed E-state index contributed by atoms with van der Waals surface area (Å²) in [5, 5.41) is 2.52.